The number of aromatic nitrogens is 1. The van der Waals surface area contributed by atoms with E-state index in [9.17, 15) is 9.59 Å². The highest BCUT2D eigenvalue weighted by molar-refractivity contribution is 6.04. The lowest BCUT2D eigenvalue weighted by Crippen LogP contribution is -2.41. The smallest absolute Gasteiger partial charge is 0.253 e. The molecule has 6 heteroatoms. The molecule has 0 bridgehead atoms. The molecule has 0 radical (unpaired) electrons. The third kappa shape index (κ3) is 4.86. The van der Waals surface area contributed by atoms with Crippen LogP contribution < -0.4 is 10.6 Å². The summed E-state index contributed by atoms with van der Waals surface area (Å²) in [6.45, 7) is 6.55. The summed E-state index contributed by atoms with van der Waals surface area (Å²) in [5, 5.41) is 5.88. The number of carbonyl (C=O) groups is 2. The number of para-hydroxylation sites is 1. The summed E-state index contributed by atoms with van der Waals surface area (Å²) >= 11 is 0. The van der Waals surface area contributed by atoms with Crippen molar-refractivity contribution in [1.82, 2.24) is 14.8 Å². The topological polar surface area (TPSA) is 66.4 Å². The summed E-state index contributed by atoms with van der Waals surface area (Å²) in [6, 6.07) is 19.5. The van der Waals surface area contributed by atoms with Crippen LogP contribution in [-0.2, 0) is 17.9 Å². The highest BCUT2D eigenvalue weighted by atomic mass is 16.2. The molecule has 0 aliphatic carbocycles. The van der Waals surface area contributed by atoms with Crippen LogP contribution in [0.15, 0.2) is 66.9 Å². The number of rotatable bonds is 6. The van der Waals surface area contributed by atoms with Crippen LogP contribution in [0.1, 0.15) is 40.1 Å². The van der Waals surface area contributed by atoms with Crippen LogP contribution in [-0.4, -0.2) is 34.4 Å². The predicted octanol–water partition coefficient (Wildman–Crippen LogP) is 3.74. The van der Waals surface area contributed by atoms with E-state index in [4.69, 9.17) is 0 Å². The van der Waals surface area contributed by atoms with Crippen molar-refractivity contribution in [3.05, 3.63) is 89.2 Å². The maximum Gasteiger partial charge on any atom is 0.253 e. The van der Waals surface area contributed by atoms with Crippen LogP contribution >= 0.6 is 0 Å². The van der Waals surface area contributed by atoms with E-state index in [1.165, 1.54) is 11.3 Å². The standard InChI is InChI=1S/C25H28N4O2/c1-18-9-11-20(12-10-18)16-26-25(31)21-6-3-4-7-22(21)27-24(30)17-29-15-14-28-13-5-8-23(28)19(29)2/h3-13,19H,14-17H2,1-2H3,(H,26,31)(H,27,30)/t19-/m1/s1. The molecule has 3 aromatic rings. The molecule has 1 aliphatic heterocycles. The van der Waals surface area contributed by atoms with E-state index in [2.05, 4.69) is 39.3 Å². The highest BCUT2D eigenvalue weighted by Gasteiger charge is 2.25. The van der Waals surface area contributed by atoms with Crippen LogP contribution in [0.25, 0.3) is 0 Å². The Labute approximate surface area is 182 Å². The maximum absolute atomic E-state index is 12.8. The van der Waals surface area contributed by atoms with Crippen LogP contribution in [0.4, 0.5) is 5.69 Å². The number of nitrogens with zero attached hydrogens (tertiary/aromatic N) is 2. The second-order valence-corrected chi connectivity index (χ2v) is 8.03. The van der Waals surface area contributed by atoms with Crippen molar-refractivity contribution in [3.63, 3.8) is 0 Å². The first kappa shape index (κ1) is 20.9. The quantitative estimate of drug-likeness (QED) is 0.643. The molecule has 1 aromatic heterocycles. The molecule has 2 heterocycles. The van der Waals surface area contributed by atoms with Crippen LogP contribution in [0, 0.1) is 6.92 Å². The van der Waals surface area contributed by atoms with Crippen molar-refractivity contribution in [2.45, 2.75) is 33.0 Å². The lowest BCUT2D eigenvalue weighted by Gasteiger charge is -2.34. The minimum absolute atomic E-state index is 0.120. The van der Waals surface area contributed by atoms with Gasteiger partial charge in [-0.1, -0.05) is 42.0 Å². The zero-order valence-corrected chi connectivity index (χ0v) is 18.0. The lowest BCUT2D eigenvalue weighted by molar-refractivity contribution is -0.118. The Morgan fingerprint density at radius 3 is 2.58 bits per heavy atom. The maximum atomic E-state index is 12.8. The molecule has 0 saturated heterocycles. The van der Waals surface area contributed by atoms with Gasteiger partial charge in [-0.3, -0.25) is 14.5 Å². The van der Waals surface area contributed by atoms with Gasteiger partial charge in [-0.25, -0.2) is 0 Å². The molecule has 6 nitrogen and oxygen atoms in total. The molecule has 31 heavy (non-hydrogen) atoms. The number of carbonyl (C=O) groups excluding carboxylic acids is 2. The minimum atomic E-state index is -0.208. The van der Waals surface area contributed by atoms with Crippen molar-refractivity contribution in [3.8, 4) is 0 Å². The third-order valence-corrected chi connectivity index (χ3v) is 5.83. The molecular formula is C25H28N4O2. The molecule has 160 valence electrons. The van der Waals surface area contributed by atoms with Crippen molar-refractivity contribution in [1.29, 1.82) is 0 Å². The van der Waals surface area contributed by atoms with Gasteiger partial charge in [0.2, 0.25) is 5.91 Å². The monoisotopic (exact) mass is 416 g/mol. The molecule has 4 rings (SSSR count). The van der Waals surface area contributed by atoms with E-state index >= 15 is 0 Å². The summed E-state index contributed by atoms with van der Waals surface area (Å²) in [7, 11) is 0. The van der Waals surface area contributed by atoms with E-state index < -0.39 is 0 Å². The third-order valence-electron chi connectivity index (χ3n) is 5.83. The van der Waals surface area contributed by atoms with E-state index in [1.54, 1.807) is 18.2 Å². The summed E-state index contributed by atoms with van der Waals surface area (Å²) in [4.78, 5) is 27.7. The van der Waals surface area contributed by atoms with Crippen molar-refractivity contribution in [2.75, 3.05) is 18.4 Å². The first-order valence-electron chi connectivity index (χ1n) is 10.6. The fraction of sp³-hybridized carbons (Fsp3) is 0.280. The Hall–Kier alpha value is -3.38. The van der Waals surface area contributed by atoms with Gasteiger partial charge in [0.25, 0.3) is 5.91 Å². The number of benzene rings is 2. The van der Waals surface area contributed by atoms with E-state index in [-0.39, 0.29) is 24.4 Å². The van der Waals surface area contributed by atoms with Gasteiger partial charge >= 0.3 is 0 Å². The molecule has 2 N–H and O–H groups in total. The Morgan fingerprint density at radius 2 is 1.77 bits per heavy atom. The molecule has 0 fully saturated rings. The van der Waals surface area contributed by atoms with Crippen LogP contribution in [0.3, 0.4) is 0 Å². The van der Waals surface area contributed by atoms with E-state index in [1.807, 2.05) is 43.3 Å². The van der Waals surface area contributed by atoms with Crippen molar-refractivity contribution >= 4 is 17.5 Å². The molecule has 0 saturated carbocycles. The Morgan fingerprint density at radius 1 is 1.00 bits per heavy atom. The number of fused-ring (bicyclic) bond motifs is 1. The summed E-state index contributed by atoms with van der Waals surface area (Å²) < 4.78 is 2.23. The van der Waals surface area contributed by atoms with Gasteiger partial charge in [0.1, 0.15) is 0 Å². The average Bonchev–Trinajstić information content (AvgIpc) is 3.25. The molecular weight excluding hydrogens is 388 g/mol. The number of aryl methyl sites for hydroxylation is 1. The normalized spacial score (nSPS) is 15.9. The van der Waals surface area contributed by atoms with Gasteiger partial charge in [-0.15, -0.1) is 0 Å². The number of amides is 2. The Kier molecular flexibility index (Phi) is 6.18. The number of anilines is 1. The van der Waals surface area contributed by atoms with Gasteiger partial charge in [0.15, 0.2) is 0 Å². The molecule has 1 aliphatic rings. The molecule has 1 atom stereocenters. The SMILES string of the molecule is Cc1ccc(CNC(=O)c2ccccc2NC(=O)CN2CCn3cccc3[C@H]2C)cc1. The summed E-state index contributed by atoms with van der Waals surface area (Å²) in [5.41, 5.74) is 4.42. The number of nitrogens with one attached hydrogen (secondary N) is 2. The molecule has 2 aromatic carbocycles. The average molecular weight is 417 g/mol. The highest BCUT2D eigenvalue weighted by Crippen LogP contribution is 2.25. The Balaban J connectivity index is 1.38. The van der Waals surface area contributed by atoms with Crippen molar-refractivity contribution in [2.24, 2.45) is 0 Å². The van der Waals surface area contributed by atoms with Gasteiger partial charge in [0.05, 0.1) is 17.8 Å². The van der Waals surface area contributed by atoms with Gasteiger partial charge in [-0.2, -0.15) is 0 Å². The van der Waals surface area contributed by atoms with Crippen molar-refractivity contribution < 1.29 is 9.59 Å². The summed E-state index contributed by atoms with van der Waals surface area (Å²) in [5.74, 6) is -0.328. The van der Waals surface area contributed by atoms with Crippen LogP contribution in [0.5, 0.6) is 0 Å². The summed E-state index contributed by atoms with van der Waals surface area (Å²) in [6.07, 6.45) is 2.08. The van der Waals surface area contributed by atoms with E-state index in [0.29, 0.717) is 17.8 Å². The molecule has 0 spiro atoms. The first-order valence-corrected chi connectivity index (χ1v) is 10.6. The first-order chi connectivity index (χ1) is 15.0. The fourth-order valence-electron chi connectivity index (χ4n) is 3.99. The second kappa shape index (κ2) is 9.18. The number of hydrogen-bond donors (Lipinski definition) is 2. The Bertz CT molecular complexity index is 1070. The zero-order chi connectivity index (χ0) is 21.8. The number of hydrogen-bond acceptors (Lipinski definition) is 3. The van der Waals surface area contributed by atoms with E-state index in [0.717, 1.165) is 18.7 Å². The van der Waals surface area contributed by atoms with Gasteiger partial charge in [-0.05, 0) is 43.7 Å². The van der Waals surface area contributed by atoms with Gasteiger partial charge < -0.3 is 15.2 Å². The molecule has 2 amide bonds. The van der Waals surface area contributed by atoms with Crippen LogP contribution in [0.2, 0.25) is 0 Å². The largest absolute Gasteiger partial charge is 0.349 e. The fourth-order valence-corrected chi connectivity index (χ4v) is 3.99. The second-order valence-electron chi connectivity index (χ2n) is 8.03. The molecule has 0 unspecified atom stereocenters. The van der Waals surface area contributed by atoms with Gasteiger partial charge in [0, 0.05) is 37.6 Å². The lowest BCUT2D eigenvalue weighted by atomic mass is 10.1. The minimum Gasteiger partial charge on any atom is -0.349 e. The predicted molar refractivity (Wildman–Crippen MR) is 122 cm³/mol. The zero-order valence-electron chi connectivity index (χ0n) is 18.0.